The predicted octanol–water partition coefficient (Wildman–Crippen LogP) is 2.74. The Bertz CT molecular complexity index is 582. The van der Waals surface area contributed by atoms with Gasteiger partial charge in [-0.3, -0.25) is 0 Å². The van der Waals surface area contributed by atoms with Crippen molar-refractivity contribution in [2.45, 2.75) is 18.7 Å². The maximum Gasteiger partial charge on any atom is 0.245 e. The van der Waals surface area contributed by atoms with Crippen LogP contribution in [-0.2, 0) is 10.0 Å². The molecule has 0 unspecified atom stereocenters. The highest BCUT2D eigenvalue weighted by molar-refractivity contribution is 7.89. The fraction of sp³-hybridized carbons (Fsp3) is 0.500. The van der Waals surface area contributed by atoms with E-state index < -0.39 is 21.3 Å². The monoisotopic (exact) mass is 342 g/mol. The summed E-state index contributed by atoms with van der Waals surface area (Å²) in [5.74, 6) is -0.691. The maximum absolute atomic E-state index is 13.1. The molecule has 1 aromatic rings. The van der Waals surface area contributed by atoms with E-state index in [1.807, 2.05) is 13.8 Å². The summed E-state index contributed by atoms with van der Waals surface area (Å²) in [5, 5.41) is -0.486. The van der Waals surface area contributed by atoms with Crippen molar-refractivity contribution in [3.8, 4) is 0 Å². The molecule has 0 spiro atoms. The molecule has 0 aliphatic heterocycles. The third kappa shape index (κ3) is 3.83. The quantitative estimate of drug-likeness (QED) is 0.894. The van der Waals surface area contributed by atoms with Gasteiger partial charge in [0.2, 0.25) is 10.0 Å². The first-order valence-corrected chi connectivity index (χ1v) is 8.02. The number of halogens is 3. The maximum atomic E-state index is 13.1. The highest BCUT2D eigenvalue weighted by Gasteiger charge is 2.30. The third-order valence-corrected chi connectivity index (χ3v) is 5.56. The van der Waals surface area contributed by atoms with Crippen LogP contribution in [0.15, 0.2) is 17.0 Å². The van der Waals surface area contributed by atoms with Crippen LogP contribution in [0.3, 0.4) is 0 Å². The van der Waals surface area contributed by atoms with Crippen LogP contribution < -0.4 is 5.73 Å². The molecule has 8 heteroatoms. The van der Waals surface area contributed by atoms with Crippen LogP contribution in [0.4, 0.5) is 4.39 Å². The summed E-state index contributed by atoms with van der Waals surface area (Å²) in [6, 6.07) is 1.84. The lowest BCUT2D eigenvalue weighted by atomic mass is 9.94. The fourth-order valence-corrected chi connectivity index (χ4v) is 4.17. The van der Waals surface area contributed by atoms with Gasteiger partial charge in [-0.1, -0.05) is 37.0 Å². The van der Waals surface area contributed by atoms with E-state index in [1.54, 1.807) is 0 Å². The average molecular weight is 343 g/mol. The van der Waals surface area contributed by atoms with Crippen molar-refractivity contribution in [3.63, 3.8) is 0 Å². The molecule has 0 aliphatic rings. The molecule has 0 saturated heterocycles. The minimum Gasteiger partial charge on any atom is -0.330 e. The van der Waals surface area contributed by atoms with Crippen molar-refractivity contribution < 1.29 is 12.8 Å². The zero-order valence-electron chi connectivity index (χ0n) is 11.5. The van der Waals surface area contributed by atoms with Crippen LogP contribution >= 0.6 is 23.2 Å². The third-order valence-electron chi connectivity index (χ3n) is 2.83. The summed E-state index contributed by atoms with van der Waals surface area (Å²) in [6.45, 7) is 4.19. The van der Waals surface area contributed by atoms with Crippen molar-refractivity contribution in [3.05, 3.63) is 28.0 Å². The lowest BCUT2D eigenvalue weighted by Gasteiger charge is -2.28. The number of hydrogen-bond donors (Lipinski definition) is 1. The van der Waals surface area contributed by atoms with E-state index in [2.05, 4.69) is 0 Å². The predicted molar refractivity (Wildman–Crippen MR) is 79.1 cm³/mol. The average Bonchev–Trinajstić information content (AvgIpc) is 2.26. The zero-order chi connectivity index (χ0) is 15.7. The van der Waals surface area contributed by atoms with Gasteiger partial charge in [-0.25, -0.2) is 17.1 Å². The smallest absolute Gasteiger partial charge is 0.245 e. The van der Waals surface area contributed by atoms with E-state index in [9.17, 15) is 12.8 Å². The molecule has 0 saturated carbocycles. The first-order valence-electron chi connectivity index (χ1n) is 5.82. The van der Waals surface area contributed by atoms with Gasteiger partial charge in [-0.05, 0) is 24.1 Å². The normalized spacial score (nSPS) is 13.0. The van der Waals surface area contributed by atoms with Gasteiger partial charge >= 0.3 is 0 Å². The summed E-state index contributed by atoms with van der Waals surface area (Å²) >= 11 is 11.6. The van der Waals surface area contributed by atoms with Gasteiger partial charge in [0.05, 0.1) is 10.0 Å². The molecular weight excluding hydrogens is 326 g/mol. The van der Waals surface area contributed by atoms with Gasteiger partial charge in [-0.15, -0.1) is 0 Å². The topological polar surface area (TPSA) is 63.4 Å². The van der Waals surface area contributed by atoms with E-state index in [0.29, 0.717) is 6.54 Å². The Labute approximate surface area is 128 Å². The first kappa shape index (κ1) is 17.7. The summed E-state index contributed by atoms with van der Waals surface area (Å²) in [7, 11) is -2.51. The van der Waals surface area contributed by atoms with Gasteiger partial charge in [0.1, 0.15) is 10.7 Å². The van der Waals surface area contributed by atoms with Crippen molar-refractivity contribution >= 4 is 33.2 Å². The molecule has 4 nitrogen and oxygen atoms in total. The number of benzene rings is 1. The minimum absolute atomic E-state index is 0.190. The highest BCUT2D eigenvalue weighted by Crippen LogP contribution is 2.33. The van der Waals surface area contributed by atoms with Crippen LogP contribution in [0.5, 0.6) is 0 Å². The summed E-state index contributed by atoms with van der Waals surface area (Å²) < 4.78 is 39.2. The van der Waals surface area contributed by atoms with Crippen molar-refractivity contribution in [1.82, 2.24) is 4.31 Å². The lowest BCUT2D eigenvalue weighted by molar-refractivity contribution is 0.292. The van der Waals surface area contributed by atoms with Crippen LogP contribution in [0.2, 0.25) is 10.0 Å². The number of nitrogens with two attached hydrogens (primary N) is 1. The first-order chi connectivity index (χ1) is 9.01. The van der Waals surface area contributed by atoms with Crippen molar-refractivity contribution in [1.29, 1.82) is 0 Å². The molecular formula is C12H17Cl2FN2O2S. The Morgan fingerprint density at radius 1 is 1.30 bits per heavy atom. The Morgan fingerprint density at radius 3 is 2.15 bits per heavy atom. The molecule has 1 rings (SSSR count). The fourth-order valence-electron chi connectivity index (χ4n) is 1.68. The van der Waals surface area contributed by atoms with Crippen LogP contribution in [0.25, 0.3) is 0 Å². The largest absolute Gasteiger partial charge is 0.330 e. The van der Waals surface area contributed by atoms with Gasteiger partial charge in [0.25, 0.3) is 0 Å². The molecule has 0 amide bonds. The Balaban J connectivity index is 3.24. The molecule has 0 atom stereocenters. The van der Waals surface area contributed by atoms with Gasteiger partial charge in [0, 0.05) is 13.6 Å². The van der Waals surface area contributed by atoms with Crippen LogP contribution in [-0.4, -0.2) is 32.9 Å². The molecule has 114 valence electrons. The van der Waals surface area contributed by atoms with E-state index in [4.69, 9.17) is 28.9 Å². The summed E-state index contributed by atoms with van der Waals surface area (Å²) in [6.07, 6.45) is 0. The number of sulfonamides is 1. The van der Waals surface area contributed by atoms with Crippen molar-refractivity contribution in [2.24, 2.45) is 11.1 Å². The molecule has 20 heavy (non-hydrogen) atoms. The van der Waals surface area contributed by atoms with E-state index >= 15 is 0 Å². The lowest BCUT2D eigenvalue weighted by Crippen LogP contribution is -2.39. The Kier molecular flexibility index (Phi) is 5.43. The second kappa shape index (κ2) is 6.15. The highest BCUT2D eigenvalue weighted by atomic mass is 35.5. The van der Waals surface area contributed by atoms with Gasteiger partial charge < -0.3 is 5.73 Å². The number of nitrogens with zero attached hydrogens (tertiary/aromatic N) is 1. The molecule has 0 radical (unpaired) electrons. The molecule has 0 bridgehead atoms. The molecule has 2 N–H and O–H groups in total. The molecule has 0 aliphatic carbocycles. The van der Waals surface area contributed by atoms with Crippen LogP contribution in [0.1, 0.15) is 13.8 Å². The summed E-state index contributed by atoms with van der Waals surface area (Å²) in [5.41, 5.74) is 5.19. The Morgan fingerprint density at radius 2 is 1.75 bits per heavy atom. The molecule has 0 fully saturated rings. The van der Waals surface area contributed by atoms with E-state index in [-0.39, 0.29) is 21.5 Å². The number of hydrogen-bond acceptors (Lipinski definition) is 3. The zero-order valence-corrected chi connectivity index (χ0v) is 13.8. The van der Waals surface area contributed by atoms with Crippen molar-refractivity contribution in [2.75, 3.05) is 20.1 Å². The summed E-state index contributed by atoms with van der Waals surface area (Å²) in [4.78, 5) is -0.294. The minimum atomic E-state index is -3.91. The SMILES string of the molecule is CN(CC(C)(C)CN)S(=O)(=O)c1c(Cl)cc(F)cc1Cl. The standard InChI is InChI=1S/C12H17Cl2FN2O2S/c1-12(2,6-16)7-17(3)20(18,19)11-9(13)4-8(15)5-10(11)14/h4-5H,6-7,16H2,1-3H3. The van der Waals surface area contributed by atoms with Gasteiger partial charge in [0.15, 0.2) is 0 Å². The Hall–Kier alpha value is -0.400. The van der Waals surface area contributed by atoms with Gasteiger partial charge in [-0.2, -0.15) is 0 Å². The van der Waals surface area contributed by atoms with E-state index in [0.717, 1.165) is 16.4 Å². The second-order valence-electron chi connectivity index (χ2n) is 5.33. The number of rotatable bonds is 5. The molecule has 1 aromatic carbocycles. The van der Waals surface area contributed by atoms with Crippen LogP contribution in [0, 0.1) is 11.2 Å². The molecule has 0 aromatic heterocycles. The van der Waals surface area contributed by atoms with E-state index in [1.165, 1.54) is 7.05 Å². The second-order valence-corrected chi connectivity index (χ2v) is 8.12. The molecule has 0 heterocycles.